The van der Waals surface area contributed by atoms with Gasteiger partial charge in [0, 0.05) is 17.2 Å². The van der Waals surface area contributed by atoms with E-state index in [2.05, 4.69) is 0 Å². The van der Waals surface area contributed by atoms with Crippen LogP contribution in [-0.2, 0) is 4.79 Å². The lowest BCUT2D eigenvalue weighted by atomic mass is 9.95. The van der Waals surface area contributed by atoms with E-state index < -0.39 is 4.92 Å². The van der Waals surface area contributed by atoms with Gasteiger partial charge in [-0.3, -0.25) is 14.9 Å². The lowest BCUT2D eigenvalue weighted by Gasteiger charge is -2.07. The van der Waals surface area contributed by atoms with Crippen molar-refractivity contribution >= 4 is 23.1 Å². The monoisotopic (exact) mass is 225 g/mol. The maximum Gasteiger partial charge on any atom is 0.277 e. The fraction of sp³-hybridized carbons (Fsp3) is 0. The number of rotatable bonds is 1. The second kappa shape index (κ2) is 3.25. The van der Waals surface area contributed by atoms with Gasteiger partial charge in [-0.1, -0.05) is 24.3 Å². The molecule has 1 aromatic carbocycles. The molecular formula is C13H7NO3. The molecule has 2 aliphatic carbocycles. The number of carbonyl (C=O) groups excluding carboxylic acids is 1. The number of nitro benzene ring substituents is 1. The molecule has 0 radical (unpaired) electrons. The predicted octanol–water partition coefficient (Wildman–Crippen LogP) is 2.51. The maximum atomic E-state index is 11.7. The largest absolute Gasteiger partial charge is 0.289 e. The first-order valence-electron chi connectivity index (χ1n) is 5.11. The van der Waals surface area contributed by atoms with Gasteiger partial charge < -0.3 is 0 Å². The number of nitrogens with zero attached hydrogens (tertiary/aromatic N) is 1. The normalized spacial score (nSPS) is 16.1. The van der Waals surface area contributed by atoms with Crippen LogP contribution in [0.1, 0.15) is 11.1 Å². The number of hydrogen-bond donors (Lipinski definition) is 0. The summed E-state index contributed by atoms with van der Waals surface area (Å²) in [6.45, 7) is 0. The van der Waals surface area contributed by atoms with Crippen LogP contribution in [0.2, 0.25) is 0 Å². The lowest BCUT2D eigenvalue weighted by Crippen LogP contribution is -2.02. The third-order valence-electron chi connectivity index (χ3n) is 2.91. The van der Waals surface area contributed by atoms with Gasteiger partial charge >= 0.3 is 0 Å². The van der Waals surface area contributed by atoms with Gasteiger partial charge in [-0.25, -0.2) is 0 Å². The van der Waals surface area contributed by atoms with Crippen molar-refractivity contribution in [3.05, 3.63) is 63.2 Å². The zero-order valence-electron chi connectivity index (χ0n) is 8.71. The van der Waals surface area contributed by atoms with Crippen molar-refractivity contribution in [2.24, 2.45) is 0 Å². The van der Waals surface area contributed by atoms with Crippen molar-refractivity contribution in [2.45, 2.75) is 0 Å². The Kier molecular flexibility index (Phi) is 1.86. The topological polar surface area (TPSA) is 60.2 Å². The van der Waals surface area contributed by atoms with E-state index in [1.165, 1.54) is 12.1 Å². The Morgan fingerprint density at radius 1 is 1.18 bits per heavy atom. The number of allylic oxidation sites excluding steroid dienone is 5. The van der Waals surface area contributed by atoms with Gasteiger partial charge in [0.1, 0.15) is 0 Å². The summed E-state index contributed by atoms with van der Waals surface area (Å²) in [5.74, 6) is -0.104. The van der Waals surface area contributed by atoms with Crippen molar-refractivity contribution in [1.82, 2.24) is 0 Å². The standard InChI is InChI=1S/C13H7NO3/c15-12-6-2-4-9-10(12)7-8-3-1-5-11(13(8)9)14(16)17/h1-7H. The van der Waals surface area contributed by atoms with Crippen LogP contribution in [0.5, 0.6) is 0 Å². The van der Waals surface area contributed by atoms with Crippen LogP contribution in [0.25, 0.3) is 11.6 Å². The Morgan fingerprint density at radius 3 is 2.76 bits per heavy atom. The van der Waals surface area contributed by atoms with E-state index in [0.717, 1.165) is 5.56 Å². The third kappa shape index (κ3) is 1.27. The number of hydrogen-bond acceptors (Lipinski definition) is 3. The molecule has 17 heavy (non-hydrogen) atoms. The Labute approximate surface area is 96.7 Å². The van der Waals surface area contributed by atoms with Crippen molar-refractivity contribution in [3.63, 3.8) is 0 Å². The van der Waals surface area contributed by atoms with Crippen LogP contribution in [0.15, 0.2) is 42.0 Å². The minimum Gasteiger partial charge on any atom is -0.289 e. The summed E-state index contributed by atoms with van der Waals surface area (Å²) in [6, 6.07) is 4.87. The molecular weight excluding hydrogens is 218 g/mol. The Balaban J connectivity index is 2.30. The molecule has 3 rings (SSSR count). The van der Waals surface area contributed by atoms with E-state index in [0.29, 0.717) is 16.7 Å². The number of fused-ring (bicyclic) bond motifs is 3. The van der Waals surface area contributed by atoms with Gasteiger partial charge in [0.05, 0.1) is 10.5 Å². The van der Waals surface area contributed by atoms with Gasteiger partial charge in [-0.15, -0.1) is 0 Å². The Hall–Kier alpha value is -2.49. The highest BCUT2D eigenvalue weighted by atomic mass is 16.6. The number of nitro groups is 1. The van der Waals surface area contributed by atoms with Crippen LogP contribution in [0.3, 0.4) is 0 Å². The first-order chi connectivity index (χ1) is 8.18. The van der Waals surface area contributed by atoms with E-state index in [1.54, 1.807) is 30.4 Å². The smallest absolute Gasteiger partial charge is 0.277 e. The van der Waals surface area contributed by atoms with Gasteiger partial charge in [0.2, 0.25) is 0 Å². The van der Waals surface area contributed by atoms with Crippen molar-refractivity contribution in [1.29, 1.82) is 0 Å². The summed E-state index contributed by atoms with van der Waals surface area (Å²) in [6.07, 6.45) is 6.54. The summed E-state index contributed by atoms with van der Waals surface area (Å²) in [5, 5.41) is 11.0. The van der Waals surface area contributed by atoms with Crippen LogP contribution < -0.4 is 0 Å². The molecule has 0 N–H and O–H groups in total. The van der Waals surface area contributed by atoms with Crippen LogP contribution in [0.4, 0.5) is 5.69 Å². The zero-order chi connectivity index (χ0) is 12.0. The van der Waals surface area contributed by atoms with Gasteiger partial charge in [0.25, 0.3) is 5.69 Å². The summed E-state index contributed by atoms with van der Waals surface area (Å²) in [4.78, 5) is 22.2. The molecule has 0 saturated carbocycles. The van der Waals surface area contributed by atoms with Gasteiger partial charge in [-0.2, -0.15) is 0 Å². The number of ketones is 1. The summed E-state index contributed by atoms with van der Waals surface area (Å²) >= 11 is 0. The fourth-order valence-corrected chi connectivity index (χ4v) is 2.19. The van der Waals surface area contributed by atoms with E-state index in [-0.39, 0.29) is 11.5 Å². The highest BCUT2D eigenvalue weighted by Gasteiger charge is 2.30. The van der Waals surface area contributed by atoms with E-state index in [1.807, 2.05) is 0 Å². The highest BCUT2D eigenvalue weighted by molar-refractivity contribution is 6.24. The van der Waals surface area contributed by atoms with E-state index in [9.17, 15) is 14.9 Å². The van der Waals surface area contributed by atoms with Crippen molar-refractivity contribution in [2.75, 3.05) is 0 Å². The van der Waals surface area contributed by atoms with Gasteiger partial charge in [-0.05, 0) is 17.7 Å². The molecule has 0 bridgehead atoms. The van der Waals surface area contributed by atoms with Crippen LogP contribution in [0, 0.1) is 10.1 Å². The Bertz CT molecular complexity index is 651. The summed E-state index contributed by atoms with van der Waals surface area (Å²) in [7, 11) is 0. The minimum atomic E-state index is -0.417. The maximum absolute atomic E-state index is 11.7. The molecule has 0 unspecified atom stereocenters. The first-order valence-corrected chi connectivity index (χ1v) is 5.11. The fourth-order valence-electron chi connectivity index (χ4n) is 2.19. The van der Waals surface area contributed by atoms with Crippen LogP contribution in [-0.4, -0.2) is 10.7 Å². The zero-order valence-corrected chi connectivity index (χ0v) is 8.71. The van der Waals surface area contributed by atoms with Gasteiger partial charge in [0.15, 0.2) is 5.78 Å². The molecule has 4 heteroatoms. The third-order valence-corrected chi connectivity index (χ3v) is 2.91. The van der Waals surface area contributed by atoms with Crippen LogP contribution >= 0.6 is 0 Å². The molecule has 82 valence electrons. The molecule has 0 aromatic heterocycles. The predicted molar refractivity (Wildman–Crippen MR) is 63.2 cm³/mol. The lowest BCUT2D eigenvalue weighted by molar-refractivity contribution is -0.385. The highest BCUT2D eigenvalue weighted by Crippen LogP contribution is 2.42. The molecule has 0 amide bonds. The average Bonchev–Trinajstić information content (AvgIpc) is 2.69. The van der Waals surface area contributed by atoms with Crippen molar-refractivity contribution in [3.8, 4) is 0 Å². The van der Waals surface area contributed by atoms with Crippen molar-refractivity contribution < 1.29 is 9.72 Å². The number of benzene rings is 1. The second-order valence-electron chi connectivity index (χ2n) is 3.86. The summed E-state index contributed by atoms with van der Waals surface area (Å²) < 4.78 is 0. The molecule has 0 aliphatic heterocycles. The molecule has 0 fully saturated rings. The molecule has 0 saturated heterocycles. The van der Waals surface area contributed by atoms with E-state index in [4.69, 9.17) is 0 Å². The quantitative estimate of drug-likeness (QED) is 0.545. The molecule has 2 aliphatic rings. The molecule has 0 heterocycles. The molecule has 0 atom stereocenters. The summed E-state index contributed by atoms with van der Waals surface area (Å²) in [5.41, 5.74) is 2.52. The first kappa shape index (κ1) is 9.72. The molecule has 1 aromatic rings. The van der Waals surface area contributed by atoms with E-state index >= 15 is 0 Å². The SMILES string of the molecule is O=C1C=CC=C2C1=Cc1cccc([N+](=O)[O-])c12. The average molecular weight is 225 g/mol. The Morgan fingerprint density at radius 2 is 2.00 bits per heavy atom. The second-order valence-corrected chi connectivity index (χ2v) is 3.86. The molecule has 4 nitrogen and oxygen atoms in total. The number of carbonyl (C=O) groups is 1. The molecule has 0 spiro atoms. The minimum absolute atomic E-state index is 0.0445.